The van der Waals surface area contributed by atoms with Gasteiger partial charge in [0.2, 0.25) is 0 Å². The molecule has 1 atom stereocenters. The molecule has 1 saturated carbocycles. The van der Waals surface area contributed by atoms with Gasteiger partial charge in [-0.1, -0.05) is 0 Å². The molecule has 1 aromatic heterocycles. The average Bonchev–Trinajstić information content (AvgIpc) is 3.15. The van der Waals surface area contributed by atoms with Crippen molar-refractivity contribution in [3.05, 3.63) is 21.9 Å². The van der Waals surface area contributed by atoms with Crippen molar-refractivity contribution in [3.63, 3.8) is 0 Å². The van der Waals surface area contributed by atoms with E-state index in [1.165, 1.54) is 10.4 Å². The van der Waals surface area contributed by atoms with Gasteiger partial charge in [-0.2, -0.15) is 0 Å². The quantitative estimate of drug-likeness (QED) is 0.930. The molecule has 114 valence electrons. The second kappa shape index (κ2) is 5.67. The SMILES string of the molecule is CC1c2ccsc2CCN1C(=O)N(CCC(=O)O)C1CC1. The fourth-order valence-electron chi connectivity index (χ4n) is 2.97. The Kier molecular flexibility index (Phi) is 3.89. The molecule has 2 heterocycles. The van der Waals surface area contributed by atoms with Crippen LogP contribution in [0.4, 0.5) is 4.79 Å². The van der Waals surface area contributed by atoms with Crippen molar-refractivity contribution >= 4 is 23.3 Å². The number of carboxylic acids is 1. The summed E-state index contributed by atoms with van der Waals surface area (Å²) in [5, 5.41) is 10.9. The van der Waals surface area contributed by atoms with E-state index in [2.05, 4.69) is 18.4 Å². The van der Waals surface area contributed by atoms with Crippen LogP contribution in [0.2, 0.25) is 0 Å². The average molecular weight is 308 g/mol. The van der Waals surface area contributed by atoms with Gasteiger partial charge in [-0.05, 0) is 43.2 Å². The third kappa shape index (κ3) is 2.90. The van der Waals surface area contributed by atoms with E-state index >= 15 is 0 Å². The van der Waals surface area contributed by atoms with Gasteiger partial charge in [0.15, 0.2) is 0 Å². The van der Waals surface area contributed by atoms with E-state index in [0.29, 0.717) is 6.54 Å². The van der Waals surface area contributed by atoms with Crippen LogP contribution < -0.4 is 0 Å². The summed E-state index contributed by atoms with van der Waals surface area (Å²) in [7, 11) is 0. The Morgan fingerprint density at radius 3 is 2.90 bits per heavy atom. The molecular formula is C15H20N2O3S. The highest BCUT2D eigenvalue weighted by atomic mass is 32.1. The molecule has 1 aromatic rings. The molecule has 1 aliphatic carbocycles. The van der Waals surface area contributed by atoms with Gasteiger partial charge in [0, 0.05) is 24.0 Å². The summed E-state index contributed by atoms with van der Waals surface area (Å²) in [6.07, 6.45) is 2.92. The molecule has 3 rings (SSSR count). The van der Waals surface area contributed by atoms with Gasteiger partial charge in [0.05, 0.1) is 12.5 Å². The molecule has 2 aliphatic rings. The number of nitrogens with zero attached hydrogens (tertiary/aromatic N) is 2. The second-order valence-corrected chi connectivity index (χ2v) is 6.77. The van der Waals surface area contributed by atoms with Crippen LogP contribution in [0.15, 0.2) is 11.4 Å². The maximum Gasteiger partial charge on any atom is 0.320 e. The lowest BCUT2D eigenvalue weighted by atomic mass is 10.0. The van der Waals surface area contributed by atoms with Gasteiger partial charge in [-0.3, -0.25) is 4.79 Å². The molecular weight excluding hydrogens is 288 g/mol. The lowest BCUT2D eigenvalue weighted by Gasteiger charge is -2.37. The zero-order chi connectivity index (χ0) is 15.0. The first kappa shape index (κ1) is 14.4. The van der Waals surface area contributed by atoms with Crippen molar-refractivity contribution in [2.75, 3.05) is 13.1 Å². The zero-order valence-corrected chi connectivity index (χ0v) is 12.9. The molecule has 0 saturated heterocycles. The number of amides is 2. The molecule has 0 bridgehead atoms. The molecule has 1 aliphatic heterocycles. The van der Waals surface area contributed by atoms with Gasteiger partial charge in [-0.15, -0.1) is 11.3 Å². The second-order valence-electron chi connectivity index (χ2n) is 5.77. The number of hydrogen-bond donors (Lipinski definition) is 1. The van der Waals surface area contributed by atoms with Crippen molar-refractivity contribution in [2.24, 2.45) is 0 Å². The third-order valence-electron chi connectivity index (χ3n) is 4.32. The molecule has 2 amide bonds. The summed E-state index contributed by atoms with van der Waals surface area (Å²) in [4.78, 5) is 28.6. The highest BCUT2D eigenvalue weighted by molar-refractivity contribution is 7.10. The number of urea groups is 1. The van der Waals surface area contributed by atoms with E-state index in [-0.39, 0.29) is 24.5 Å². The van der Waals surface area contributed by atoms with Crippen molar-refractivity contribution in [3.8, 4) is 0 Å². The summed E-state index contributed by atoms with van der Waals surface area (Å²) in [5.41, 5.74) is 1.24. The summed E-state index contributed by atoms with van der Waals surface area (Å²) in [6.45, 7) is 3.10. The number of rotatable bonds is 4. The lowest BCUT2D eigenvalue weighted by molar-refractivity contribution is -0.137. The van der Waals surface area contributed by atoms with Crippen LogP contribution in [0.3, 0.4) is 0 Å². The van der Waals surface area contributed by atoms with Gasteiger partial charge in [-0.25, -0.2) is 4.79 Å². The number of fused-ring (bicyclic) bond motifs is 1. The Labute approximate surface area is 128 Å². The number of aliphatic carboxylic acids is 1. The van der Waals surface area contributed by atoms with Gasteiger partial charge < -0.3 is 14.9 Å². The van der Waals surface area contributed by atoms with E-state index < -0.39 is 5.97 Å². The van der Waals surface area contributed by atoms with Crippen LogP contribution in [-0.2, 0) is 11.2 Å². The Bertz CT molecular complexity index is 553. The van der Waals surface area contributed by atoms with Crippen LogP contribution in [0.5, 0.6) is 0 Å². The molecule has 5 nitrogen and oxygen atoms in total. The monoisotopic (exact) mass is 308 g/mol. The molecule has 1 fully saturated rings. The predicted molar refractivity (Wildman–Crippen MR) is 80.5 cm³/mol. The first-order valence-corrected chi connectivity index (χ1v) is 8.31. The largest absolute Gasteiger partial charge is 0.481 e. The van der Waals surface area contributed by atoms with Crippen molar-refractivity contribution in [1.82, 2.24) is 9.80 Å². The standard InChI is InChI=1S/C15H20N2O3S/c1-10-12-6-9-21-13(12)4-7-16(10)15(20)17(11-2-3-11)8-5-14(18)19/h6,9-11H,2-5,7-8H2,1H3,(H,18,19). The fourth-order valence-corrected chi connectivity index (χ4v) is 3.94. The number of hydrogen-bond acceptors (Lipinski definition) is 3. The molecule has 21 heavy (non-hydrogen) atoms. The van der Waals surface area contributed by atoms with E-state index in [1.807, 2.05) is 4.90 Å². The van der Waals surface area contributed by atoms with Crippen molar-refractivity contribution < 1.29 is 14.7 Å². The van der Waals surface area contributed by atoms with Crippen LogP contribution in [-0.4, -0.2) is 46.0 Å². The number of carbonyl (C=O) groups is 2. The highest BCUT2D eigenvalue weighted by Crippen LogP contribution is 2.35. The highest BCUT2D eigenvalue weighted by Gasteiger charge is 2.38. The summed E-state index contributed by atoms with van der Waals surface area (Å²) >= 11 is 1.75. The van der Waals surface area contributed by atoms with Gasteiger partial charge in [0.25, 0.3) is 0 Å². The summed E-state index contributed by atoms with van der Waals surface area (Å²) in [6, 6.07) is 2.43. The molecule has 1 unspecified atom stereocenters. The van der Waals surface area contributed by atoms with E-state index in [0.717, 1.165) is 25.8 Å². The topological polar surface area (TPSA) is 60.9 Å². The fraction of sp³-hybridized carbons (Fsp3) is 0.600. The molecule has 0 aromatic carbocycles. The van der Waals surface area contributed by atoms with Crippen LogP contribution >= 0.6 is 11.3 Å². The van der Waals surface area contributed by atoms with Crippen LogP contribution in [0.1, 0.15) is 42.7 Å². The normalized spacial score (nSPS) is 21.0. The summed E-state index contributed by atoms with van der Waals surface area (Å²) in [5.74, 6) is -0.847. The first-order valence-electron chi connectivity index (χ1n) is 7.43. The zero-order valence-electron chi connectivity index (χ0n) is 12.1. The van der Waals surface area contributed by atoms with Gasteiger partial charge in [0.1, 0.15) is 0 Å². The molecule has 0 radical (unpaired) electrons. The summed E-state index contributed by atoms with van der Waals surface area (Å²) < 4.78 is 0. The lowest BCUT2D eigenvalue weighted by Crippen LogP contribution is -2.48. The number of carbonyl (C=O) groups excluding carboxylic acids is 1. The van der Waals surface area contributed by atoms with Crippen LogP contribution in [0, 0.1) is 0 Å². The Morgan fingerprint density at radius 1 is 1.48 bits per heavy atom. The first-order chi connectivity index (χ1) is 10.1. The molecule has 1 N–H and O–H groups in total. The third-order valence-corrected chi connectivity index (χ3v) is 5.32. The van der Waals surface area contributed by atoms with E-state index in [4.69, 9.17) is 5.11 Å². The van der Waals surface area contributed by atoms with E-state index in [1.54, 1.807) is 16.2 Å². The maximum atomic E-state index is 12.8. The van der Waals surface area contributed by atoms with Crippen molar-refractivity contribution in [1.29, 1.82) is 0 Å². The smallest absolute Gasteiger partial charge is 0.320 e. The minimum absolute atomic E-state index is 0.00287. The minimum Gasteiger partial charge on any atom is -0.481 e. The minimum atomic E-state index is -0.847. The maximum absolute atomic E-state index is 12.8. The van der Waals surface area contributed by atoms with Gasteiger partial charge >= 0.3 is 12.0 Å². The number of thiophene rings is 1. The van der Waals surface area contributed by atoms with E-state index in [9.17, 15) is 9.59 Å². The Hall–Kier alpha value is -1.56. The predicted octanol–water partition coefficient (Wildman–Crippen LogP) is 2.73. The number of carboxylic acid groups (broad SMARTS) is 1. The Balaban J connectivity index is 1.72. The Morgan fingerprint density at radius 2 is 2.24 bits per heavy atom. The van der Waals surface area contributed by atoms with Crippen molar-refractivity contribution in [2.45, 2.75) is 44.7 Å². The molecule has 0 spiro atoms. The van der Waals surface area contributed by atoms with Crippen LogP contribution in [0.25, 0.3) is 0 Å². The molecule has 6 heteroatoms.